The molecule has 0 aliphatic carbocycles. The molecule has 1 rings (SSSR count). The SMILES string of the molecule is CCCN(c1ccc(CCN)cn1)C(C)C. The first-order chi connectivity index (χ1) is 7.69. The maximum atomic E-state index is 5.52. The minimum atomic E-state index is 0.493. The third-order valence-electron chi connectivity index (χ3n) is 2.62. The summed E-state index contributed by atoms with van der Waals surface area (Å²) in [6.45, 7) is 8.33. The zero-order chi connectivity index (χ0) is 12.0. The molecule has 0 saturated carbocycles. The topological polar surface area (TPSA) is 42.1 Å². The van der Waals surface area contributed by atoms with E-state index in [4.69, 9.17) is 5.73 Å². The highest BCUT2D eigenvalue weighted by molar-refractivity contribution is 5.40. The zero-order valence-electron chi connectivity index (χ0n) is 10.6. The summed E-state index contributed by atoms with van der Waals surface area (Å²) in [5.74, 6) is 1.07. The molecule has 0 unspecified atom stereocenters. The molecule has 3 nitrogen and oxygen atoms in total. The van der Waals surface area contributed by atoms with Gasteiger partial charge in [0.25, 0.3) is 0 Å². The van der Waals surface area contributed by atoms with Crippen LogP contribution in [0.2, 0.25) is 0 Å². The van der Waals surface area contributed by atoms with Crippen molar-refractivity contribution in [3.8, 4) is 0 Å². The van der Waals surface area contributed by atoms with Crippen molar-refractivity contribution in [3.05, 3.63) is 23.9 Å². The molecule has 0 aliphatic heterocycles. The van der Waals surface area contributed by atoms with E-state index in [-0.39, 0.29) is 0 Å². The fourth-order valence-corrected chi connectivity index (χ4v) is 1.78. The molecule has 0 amide bonds. The quantitative estimate of drug-likeness (QED) is 0.801. The summed E-state index contributed by atoms with van der Waals surface area (Å²) in [6.07, 6.45) is 3.99. The predicted octanol–water partition coefficient (Wildman–Crippen LogP) is 2.21. The summed E-state index contributed by atoms with van der Waals surface area (Å²) < 4.78 is 0. The molecule has 1 aromatic heterocycles. The van der Waals surface area contributed by atoms with Crippen molar-refractivity contribution in [2.24, 2.45) is 5.73 Å². The number of hydrogen-bond acceptors (Lipinski definition) is 3. The van der Waals surface area contributed by atoms with Gasteiger partial charge in [0.2, 0.25) is 0 Å². The number of hydrogen-bond donors (Lipinski definition) is 1. The van der Waals surface area contributed by atoms with Crippen LogP contribution in [-0.4, -0.2) is 24.1 Å². The molecule has 0 bridgehead atoms. The number of rotatable bonds is 6. The van der Waals surface area contributed by atoms with Crippen LogP contribution in [-0.2, 0) is 6.42 Å². The van der Waals surface area contributed by atoms with Gasteiger partial charge in [-0.2, -0.15) is 0 Å². The summed E-state index contributed by atoms with van der Waals surface area (Å²) in [5.41, 5.74) is 6.73. The fraction of sp³-hybridized carbons (Fsp3) is 0.615. The van der Waals surface area contributed by atoms with Crippen LogP contribution in [0.15, 0.2) is 18.3 Å². The highest BCUT2D eigenvalue weighted by Gasteiger charge is 2.10. The Morgan fingerprint density at radius 2 is 2.12 bits per heavy atom. The van der Waals surface area contributed by atoms with Crippen molar-refractivity contribution in [1.82, 2.24) is 4.98 Å². The molecular formula is C13H23N3. The van der Waals surface area contributed by atoms with Gasteiger partial charge in [0.05, 0.1) is 0 Å². The monoisotopic (exact) mass is 221 g/mol. The standard InChI is InChI=1S/C13H23N3/c1-4-9-16(11(2)3)13-6-5-12(7-8-14)10-15-13/h5-6,10-11H,4,7-9,14H2,1-3H3. The van der Waals surface area contributed by atoms with Crippen LogP contribution in [0.1, 0.15) is 32.8 Å². The molecule has 3 heteroatoms. The van der Waals surface area contributed by atoms with Crippen LogP contribution >= 0.6 is 0 Å². The van der Waals surface area contributed by atoms with Gasteiger partial charge in [0, 0.05) is 18.8 Å². The lowest BCUT2D eigenvalue weighted by atomic mass is 10.2. The smallest absolute Gasteiger partial charge is 0.128 e. The molecule has 0 spiro atoms. The Bertz CT molecular complexity index is 293. The molecule has 16 heavy (non-hydrogen) atoms. The Balaban J connectivity index is 2.77. The molecule has 0 atom stereocenters. The number of nitrogens with zero attached hydrogens (tertiary/aromatic N) is 2. The zero-order valence-corrected chi connectivity index (χ0v) is 10.6. The summed E-state index contributed by atoms with van der Waals surface area (Å²) >= 11 is 0. The highest BCUT2D eigenvalue weighted by atomic mass is 15.2. The second-order valence-electron chi connectivity index (χ2n) is 4.35. The second kappa shape index (κ2) is 6.48. The van der Waals surface area contributed by atoms with E-state index in [0.29, 0.717) is 12.6 Å². The van der Waals surface area contributed by atoms with E-state index in [1.54, 1.807) is 0 Å². The molecule has 0 aromatic carbocycles. The third-order valence-corrected chi connectivity index (χ3v) is 2.62. The number of nitrogens with two attached hydrogens (primary N) is 1. The maximum absolute atomic E-state index is 5.52. The number of anilines is 1. The van der Waals surface area contributed by atoms with Gasteiger partial charge in [0.15, 0.2) is 0 Å². The molecule has 1 aromatic rings. The Labute approximate surface area is 98.7 Å². The van der Waals surface area contributed by atoms with Crippen LogP contribution in [0.25, 0.3) is 0 Å². The first-order valence-electron chi connectivity index (χ1n) is 6.10. The van der Waals surface area contributed by atoms with Crippen molar-refractivity contribution in [1.29, 1.82) is 0 Å². The van der Waals surface area contributed by atoms with E-state index in [2.05, 4.69) is 42.8 Å². The molecule has 0 aliphatic rings. The van der Waals surface area contributed by atoms with E-state index in [9.17, 15) is 0 Å². The van der Waals surface area contributed by atoms with Crippen LogP contribution < -0.4 is 10.6 Å². The van der Waals surface area contributed by atoms with Gasteiger partial charge in [-0.05, 0) is 44.9 Å². The van der Waals surface area contributed by atoms with Crippen molar-refractivity contribution in [3.63, 3.8) is 0 Å². The van der Waals surface area contributed by atoms with Gasteiger partial charge < -0.3 is 10.6 Å². The second-order valence-corrected chi connectivity index (χ2v) is 4.35. The van der Waals surface area contributed by atoms with E-state index < -0.39 is 0 Å². The fourth-order valence-electron chi connectivity index (χ4n) is 1.78. The van der Waals surface area contributed by atoms with Crippen molar-refractivity contribution in [2.45, 2.75) is 39.7 Å². The maximum Gasteiger partial charge on any atom is 0.128 e. The Hall–Kier alpha value is -1.09. The predicted molar refractivity (Wildman–Crippen MR) is 69.8 cm³/mol. The highest BCUT2D eigenvalue weighted by Crippen LogP contribution is 2.15. The molecule has 1 heterocycles. The average Bonchev–Trinajstić information content (AvgIpc) is 2.27. The van der Waals surface area contributed by atoms with E-state index in [1.807, 2.05) is 6.20 Å². The Morgan fingerprint density at radius 3 is 2.56 bits per heavy atom. The van der Waals surface area contributed by atoms with Crippen LogP contribution in [0, 0.1) is 0 Å². The molecule has 0 radical (unpaired) electrons. The first-order valence-corrected chi connectivity index (χ1v) is 6.10. The number of aromatic nitrogens is 1. The van der Waals surface area contributed by atoms with Gasteiger partial charge in [-0.1, -0.05) is 13.0 Å². The molecule has 90 valence electrons. The van der Waals surface area contributed by atoms with Crippen molar-refractivity contribution >= 4 is 5.82 Å². The van der Waals surface area contributed by atoms with Crippen LogP contribution in [0.5, 0.6) is 0 Å². The number of pyridine rings is 1. The molecule has 0 fully saturated rings. The summed E-state index contributed by atoms with van der Waals surface area (Å²) in [6, 6.07) is 4.72. The lowest BCUT2D eigenvalue weighted by Gasteiger charge is -2.27. The largest absolute Gasteiger partial charge is 0.354 e. The normalized spacial score (nSPS) is 10.8. The van der Waals surface area contributed by atoms with E-state index in [0.717, 1.165) is 25.2 Å². The minimum absolute atomic E-state index is 0.493. The van der Waals surface area contributed by atoms with Gasteiger partial charge in [-0.25, -0.2) is 4.98 Å². The molecule has 0 saturated heterocycles. The van der Waals surface area contributed by atoms with Gasteiger partial charge >= 0.3 is 0 Å². The van der Waals surface area contributed by atoms with Crippen LogP contribution in [0.3, 0.4) is 0 Å². The van der Waals surface area contributed by atoms with Gasteiger partial charge in [-0.15, -0.1) is 0 Å². The molecule has 2 N–H and O–H groups in total. The van der Waals surface area contributed by atoms with Gasteiger partial charge in [-0.3, -0.25) is 0 Å². The lowest BCUT2D eigenvalue weighted by molar-refractivity contribution is 0.662. The van der Waals surface area contributed by atoms with Crippen molar-refractivity contribution < 1.29 is 0 Å². The Kier molecular flexibility index (Phi) is 5.26. The van der Waals surface area contributed by atoms with Gasteiger partial charge in [0.1, 0.15) is 5.82 Å². The average molecular weight is 221 g/mol. The summed E-state index contributed by atoms with van der Waals surface area (Å²) in [7, 11) is 0. The first kappa shape index (κ1) is 13.0. The Morgan fingerprint density at radius 1 is 1.38 bits per heavy atom. The summed E-state index contributed by atoms with van der Waals surface area (Å²) in [4.78, 5) is 6.83. The van der Waals surface area contributed by atoms with Crippen molar-refractivity contribution in [2.75, 3.05) is 18.0 Å². The van der Waals surface area contributed by atoms with Crippen LogP contribution in [0.4, 0.5) is 5.82 Å². The minimum Gasteiger partial charge on any atom is -0.354 e. The lowest BCUT2D eigenvalue weighted by Crippen LogP contribution is -2.32. The van der Waals surface area contributed by atoms with E-state index in [1.165, 1.54) is 5.56 Å². The van der Waals surface area contributed by atoms with E-state index >= 15 is 0 Å². The molecular weight excluding hydrogens is 198 g/mol. The summed E-state index contributed by atoms with van der Waals surface area (Å²) in [5, 5.41) is 0. The third kappa shape index (κ3) is 3.49.